The van der Waals surface area contributed by atoms with Crippen LogP contribution in [0.15, 0.2) is 18.2 Å². The van der Waals surface area contributed by atoms with Gasteiger partial charge in [-0.2, -0.15) is 0 Å². The highest BCUT2D eigenvalue weighted by Gasteiger charge is 2.31. The zero-order valence-corrected chi connectivity index (χ0v) is 15.0. The third kappa shape index (κ3) is 3.71. The van der Waals surface area contributed by atoms with Crippen LogP contribution in [0.3, 0.4) is 0 Å². The van der Waals surface area contributed by atoms with Gasteiger partial charge in [-0.05, 0) is 30.5 Å². The van der Waals surface area contributed by atoms with Crippen molar-refractivity contribution in [1.29, 1.82) is 0 Å². The zero-order chi connectivity index (χ0) is 18.1. The summed E-state index contributed by atoms with van der Waals surface area (Å²) in [4.78, 5) is 29.7. The second-order valence-corrected chi connectivity index (χ2v) is 7.10. The number of piperidine rings is 1. The van der Waals surface area contributed by atoms with E-state index in [2.05, 4.69) is 10.3 Å². The number of imidazole rings is 1. The number of aromatic nitrogens is 2. The van der Waals surface area contributed by atoms with Crippen molar-refractivity contribution in [2.75, 3.05) is 13.1 Å². The quantitative estimate of drug-likeness (QED) is 0.875. The number of urea groups is 1. The predicted octanol–water partition coefficient (Wildman–Crippen LogP) is 2.48. The lowest BCUT2D eigenvalue weighted by atomic mass is 9.91. The van der Waals surface area contributed by atoms with E-state index in [4.69, 9.17) is 11.6 Å². The van der Waals surface area contributed by atoms with Crippen LogP contribution in [0.4, 0.5) is 4.79 Å². The first kappa shape index (κ1) is 17.5. The van der Waals surface area contributed by atoms with Gasteiger partial charge < -0.3 is 19.9 Å². The van der Waals surface area contributed by atoms with Crippen LogP contribution in [-0.4, -0.2) is 44.6 Å². The van der Waals surface area contributed by atoms with Crippen molar-refractivity contribution >= 4 is 34.6 Å². The van der Waals surface area contributed by atoms with Crippen LogP contribution < -0.4 is 5.32 Å². The van der Waals surface area contributed by atoms with Gasteiger partial charge in [0, 0.05) is 25.2 Å². The molecule has 0 bridgehead atoms. The Labute approximate surface area is 150 Å². The highest BCUT2D eigenvalue weighted by Crippen LogP contribution is 2.22. The molecule has 2 unspecified atom stereocenters. The molecule has 2 N–H and O–H groups in total. The number of carboxylic acid groups (broad SMARTS) is 1. The van der Waals surface area contributed by atoms with Gasteiger partial charge in [0.25, 0.3) is 0 Å². The van der Waals surface area contributed by atoms with Crippen molar-refractivity contribution in [2.24, 2.45) is 18.9 Å². The molecule has 2 atom stereocenters. The molecule has 0 aliphatic carbocycles. The molecule has 1 aromatic heterocycles. The minimum absolute atomic E-state index is 0.165. The number of fused-ring (bicyclic) bond motifs is 1. The number of nitrogens with zero attached hydrogens (tertiary/aromatic N) is 3. The number of halogens is 1. The number of nitrogens with one attached hydrogen (secondary N) is 1. The fourth-order valence-corrected chi connectivity index (χ4v) is 3.51. The average Bonchev–Trinajstić information content (AvgIpc) is 2.87. The molecule has 1 aromatic carbocycles. The molecule has 0 spiro atoms. The molecule has 1 fully saturated rings. The maximum absolute atomic E-state index is 12.4. The Kier molecular flexibility index (Phi) is 4.85. The molecular formula is C17H21ClN4O3. The minimum Gasteiger partial charge on any atom is -0.481 e. The molecule has 1 aliphatic rings. The summed E-state index contributed by atoms with van der Waals surface area (Å²) in [5.41, 5.74) is 1.71. The number of rotatable bonds is 3. The molecule has 8 heteroatoms. The van der Waals surface area contributed by atoms with Crippen molar-refractivity contribution in [1.82, 2.24) is 19.8 Å². The number of benzene rings is 1. The van der Waals surface area contributed by atoms with Gasteiger partial charge in [0.15, 0.2) is 0 Å². The van der Waals surface area contributed by atoms with Crippen molar-refractivity contribution in [2.45, 2.75) is 19.9 Å². The zero-order valence-electron chi connectivity index (χ0n) is 14.2. The van der Waals surface area contributed by atoms with Gasteiger partial charge in [0.05, 0.1) is 23.5 Å². The van der Waals surface area contributed by atoms with E-state index in [0.717, 1.165) is 11.0 Å². The Bertz CT molecular complexity index is 820. The van der Waals surface area contributed by atoms with Crippen LogP contribution in [0.1, 0.15) is 19.2 Å². The Hall–Kier alpha value is -2.28. The number of carbonyl (C=O) groups is 2. The summed E-state index contributed by atoms with van der Waals surface area (Å²) in [6.07, 6.45) is 0.602. The summed E-state index contributed by atoms with van der Waals surface area (Å²) in [5.74, 6) is -0.479. The number of aliphatic carboxylic acids is 1. The molecule has 1 saturated heterocycles. The number of hydrogen-bond acceptors (Lipinski definition) is 3. The van der Waals surface area contributed by atoms with E-state index in [9.17, 15) is 14.7 Å². The summed E-state index contributed by atoms with van der Waals surface area (Å²) in [5, 5.41) is 12.7. The molecule has 2 heterocycles. The minimum atomic E-state index is -0.850. The topological polar surface area (TPSA) is 87.5 Å². The highest BCUT2D eigenvalue weighted by atomic mass is 35.5. The second kappa shape index (κ2) is 6.92. The lowest BCUT2D eigenvalue weighted by Gasteiger charge is -2.34. The number of amides is 2. The molecule has 25 heavy (non-hydrogen) atoms. The van der Waals surface area contributed by atoms with E-state index >= 15 is 0 Å². The molecule has 2 amide bonds. The Balaban J connectivity index is 1.68. The summed E-state index contributed by atoms with van der Waals surface area (Å²) < 4.78 is 1.91. The first-order valence-corrected chi connectivity index (χ1v) is 8.59. The number of carboxylic acids is 1. The lowest BCUT2D eigenvalue weighted by Crippen LogP contribution is -2.49. The van der Waals surface area contributed by atoms with Crippen LogP contribution in [0.5, 0.6) is 0 Å². The third-order valence-electron chi connectivity index (χ3n) is 4.63. The van der Waals surface area contributed by atoms with Gasteiger partial charge in [0.2, 0.25) is 0 Å². The fraction of sp³-hybridized carbons (Fsp3) is 0.471. The Morgan fingerprint density at radius 1 is 1.40 bits per heavy atom. The summed E-state index contributed by atoms with van der Waals surface area (Å²) in [6, 6.07) is 5.21. The van der Waals surface area contributed by atoms with Crippen LogP contribution in [0.2, 0.25) is 5.02 Å². The van der Waals surface area contributed by atoms with Gasteiger partial charge in [-0.1, -0.05) is 18.5 Å². The number of aryl methyl sites for hydroxylation is 1. The smallest absolute Gasteiger partial charge is 0.317 e. The molecule has 0 radical (unpaired) electrons. The van der Waals surface area contributed by atoms with E-state index in [1.807, 2.05) is 24.6 Å². The molecule has 7 nitrogen and oxygen atoms in total. The molecule has 2 aromatic rings. The normalized spacial score (nSPS) is 20.7. The van der Waals surface area contributed by atoms with E-state index in [-0.39, 0.29) is 25.0 Å². The molecular weight excluding hydrogens is 344 g/mol. The van der Waals surface area contributed by atoms with Gasteiger partial charge in [-0.3, -0.25) is 4.79 Å². The van der Waals surface area contributed by atoms with Crippen LogP contribution in [0.25, 0.3) is 11.0 Å². The summed E-state index contributed by atoms with van der Waals surface area (Å²) >= 11 is 5.99. The largest absolute Gasteiger partial charge is 0.481 e. The SMILES string of the molecule is CC1CC(C(=O)O)CN(C(=O)NCc2nc3cc(Cl)ccc3n2C)C1. The van der Waals surface area contributed by atoms with E-state index in [1.165, 1.54) is 0 Å². The monoisotopic (exact) mass is 364 g/mol. The van der Waals surface area contributed by atoms with Gasteiger partial charge in [-0.25, -0.2) is 9.78 Å². The predicted molar refractivity (Wildman–Crippen MR) is 94.4 cm³/mol. The summed E-state index contributed by atoms with van der Waals surface area (Å²) in [7, 11) is 1.88. The number of carbonyl (C=O) groups excluding carboxylic acids is 1. The van der Waals surface area contributed by atoms with E-state index in [0.29, 0.717) is 23.8 Å². The number of likely N-dealkylation sites (tertiary alicyclic amines) is 1. The maximum atomic E-state index is 12.4. The van der Waals surface area contributed by atoms with Crippen LogP contribution in [0, 0.1) is 11.8 Å². The molecule has 1 aliphatic heterocycles. The Morgan fingerprint density at radius 2 is 2.16 bits per heavy atom. The first-order chi connectivity index (χ1) is 11.8. The van der Waals surface area contributed by atoms with Crippen molar-refractivity contribution in [3.8, 4) is 0 Å². The third-order valence-corrected chi connectivity index (χ3v) is 4.86. The highest BCUT2D eigenvalue weighted by molar-refractivity contribution is 6.31. The molecule has 3 rings (SSSR count). The average molecular weight is 365 g/mol. The van der Waals surface area contributed by atoms with Gasteiger partial charge in [-0.15, -0.1) is 0 Å². The lowest BCUT2D eigenvalue weighted by molar-refractivity contribution is -0.143. The first-order valence-electron chi connectivity index (χ1n) is 8.21. The Morgan fingerprint density at radius 3 is 2.88 bits per heavy atom. The van der Waals surface area contributed by atoms with E-state index in [1.54, 1.807) is 17.0 Å². The van der Waals surface area contributed by atoms with E-state index < -0.39 is 11.9 Å². The summed E-state index contributed by atoms with van der Waals surface area (Å²) in [6.45, 7) is 3.03. The van der Waals surface area contributed by atoms with Crippen molar-refractivity contribution < 1.29 is 14.7 Å². The maximum Gasteiger partial charge on any atom is 0.317 e. The molecule has 134 valence electrons. The van der Waals surface area contributed by atoms with Gasteiger partial charge in [0.1, 0.15) is 5.82 Å². The van der Waals surface area contributed by atoms with Crippen LogP contribution >= 0.6 is 11.6 Å². The van der Waals surface area contributed by atoms with Crippen LogP contribution in [-0.2, 0) is 18.4 Å². The second-order valence-electron chi connectivity index (χ2n) is 6.66. The van der Waals surface area contributed by atoms with Gasteiger partial charge >= 0.3 is 12.0 Å². The van der Waals surface area contributed by atoms with Crippen molar-refractivity contribution in [3.05, 3.63) is 29.0 Å². The van der Waals surface area contributed by atoms with Crippen molar-refractivity contribution in [3.63, 3.8) is 0 Å². The standard InChI is InChI=1S/C17H21ClN4O3/c1-10-5-11(16(23)24)9-22(8-10)17(25)19-7-15-20-13-6-12(18)3-4-14(13)21(15)2/h3-4,6,10-11H,5,7-9H2,1-2H3,(H,19,25)(H,23,24). The molecule has 0 saturated carbocycles. The fourth-order valence-electron chi connectivity index (χ4n) is 3.34. The number of hydrogen-bond donors (Lipinski definition) is 2.